The maximum Gasteiger partial charge on any atom is 0.0622 e. The summed E-state index contributed by atoms with van der Waals surface area (Å²) in [7, 11) is 0. The third-order valence-corrected chi connectivity index (χ3v) is 11.3. The SMILES string of the molecule is CCc1ccccc1-c1c(CC)ccc2c3cc(-c4ccc5c(c4)c4ccccc4n5-c4cccc(-c5ccccc5)c4)ccc3n(-c3ccccc3)c12. The number of benzene rings is 8. The van der Waals surface area contributed by atoms with E-state index in [0.29, 0.717) is 0 Å². The van der Waals surface area contributed by atoms with Gasteiger partial charge in [0.1, 0.15) is 0 Å². The highest BCUT2D eigenvalue weighted by Gasteiger charge is 2.21. The van der Waals surface area contributed by atoms with Gasteiger partial charge in [-0.25, -0.2) is 0 Å². The zero-order chi connectivity index (χ0) is 36.2. The van der Waals surface area contributed by atoms with Crippen LogP contribution in [0.1, 0.15) is 25.0 Å². The number of rotatable bonds is 7. The van der Waals surface area contributed by atoms with Gasteiger partial charge in [0.05, 0.1) is 22.1 Å². The lowest BCUT2D eigenvalue weighted by atomic mass is 9.91. The van der Waals surface area contributed by atoms with Crippen LogP contribution in [0, 0.1) is 0 Å². The first kappa shape index (κ1) is 32.0. The highest BCUT2D eigenvalue weighted by molar-refractivity contribution is 6.16. The molecule has 0 radical (unpaired) electrons. The molecule has 2 aromatic heterocycles. The molecule has 0 aliphatic rings. The maximum atomic E-state index is 2.50. The van der Waals surface area contributed by atoms with Gasteiger partial charge < -0.3 is 9.13 Å². The van der Waals surface area contributed by atoms with Gasteiger partial charge in [0.2, 0.25) is 0 Å². The Kier molecular flexibility index (Phi) is 7.77. The summed E-state index contributed by atoms with van der Waals surface area (Å²) in [5, 5.41) is 5.06. The third-order valence-electron chi connectivity index (χ3n) is 11.3. The number of aryl methyl sites for hydroxylation is 2. The van der Waals surface area contributed by atoms with Crippen LogP contribution < -0.4 is 0 Å². The highest BCUT2D eigenvalue weighted by atomic mass is 15.0. The van der Waals surface area contributed by atoms with Crippen molar-refractivity contribution in [3.8, 4) is 44.8 Å². The molecule has 10 rings (SSSR count). The van der Waals surface area contributed by atoms with Crippen LogP contribution in [0.25, 0.3) is 88.4 Å². The lowest BCUT2D eigenvalue weighted by Gasteiger charge is -2.17. The van der Waals surface area contributed by atoms with Crippen LogP contribution in [0.3, 0.4) is 0 Å². The molecule has 0 saturated carbocycles. The van der Waals surface area contributed by atoms with Crippen LogP contribution in [-0.4, -0.2) is 9.13 Å². The van der Waals surface area contributed by atoms with Crippen LogP contribution in [0.2, 0.25) is 0 Å². The van der Waals surface area contributed by atoms with Crippen LogP contribution in [0.15, 0.2) is 182 Å². The number of fused-ring (bicyclic) bond motifs is 6. The minimum Gasteiger partial charge on any atom is -0.309 e. The summed E-state index contributed by atoms with van der Waals surface area (Å²) in [6.07, 6.45) is 1.96. The molecule has 54 heavy (non-hydrogen) atoms. The molecular weight excluding hydrogens is 653 g/mol. The molecule has 258 valence electrons. The highest BCUT2D eigenvalue weighted by Crippen LogP contribution is 2.43. The molecule has 0 bridgehead atoms. The predicted molar refractivity (Wildman–Crippen MR) is 230 cm³/mol. The van der Waals surface area contributed by atoms with E-state index in [2.05, 4.69) is 205 Å². The van der Waals surface area contributed by atoms with Crippen LogP contribution >= 0.6 is 0 Å². The van der Waals surface area contributed by atoms with E-state index in [-0.39, 0.29) is 0 Å². The Balaban J connectivity index is 1.19. The van der Waals surface area contributed by atoms with Crippen molar-refractivity contribution < 1.29 is 0 Å². The van der Waals surface area contributed by atoms with Gasteiger partial charge in [0, 0.05) is 38.5 Å². The molecule has 0 amide bonds. The molecule has 0 fully saturated rings. The Bertz CT molecular complexity index is 3000. The second-order valence-electron chi connectivity index (χ2n) is 14.3. The second kappa shape index (κ2) is 13.1. The van der Waals surface area contributed by atoms with Crippen molar-refractivity contribution >= 4 is 43.6 Å². The molecule has 0 unspecified atom stereocenters. The van der Waals surface area contributed by atoms with Gasteiger partial charge in [-0.15, -0.1) is 0 Å². The number of aromatic nitrogens is 2. The third kappa shape index (κ3) is 5.09. The normalized spacial score (nSPS) is 11.7. The van der Waals surface area contributed by atoms with Gasteiger partial charge in [0.25, 0.3) is 0 Å². The van der Waals surface area contributed by atoms with Gasteiger partial charge in [-0.3, -0.25) is 0 Å². The Morgan fingerprint density at radius 3 is 1.69 bits per heavy atom. The molecule has 2 heterocycles. The van der Waals surface area contributed by atoms with Crippen molar-refractivity contribution in [2.45, 2.75) is 26.7 Å². The molecule has 0 aliphatic heterocycles. The quantitative estimate of drug-likeness (QED) is 0.157. The van der Waals surface area contributed by atoms with E-state index in [9.17, 15) is 0 Å². The monoisotopic (exact) mass is 692 g/mol. The Hall–Kier alpha value is -6.64. The molecule has 2 nitrogen and oxygen atoms in total. The van der Waals surface area contributed by atoms with Gasteiger partial charge in [-0.2, -0.15) is 0 Å². The van der Waals surface area contributed by atoms with E-state index < -0.39 is 0 Å². The fraction of sp³-hybridized carbons (Fsp3) is 0.0769. The largest absolute Gasteiger partial charge is 0.309 e. The predicted octanol–water partition coefficient (Wildman–Crippen LogP) is 14.0. The summed E-state index contributed by atoms with van der Waals surface area (Å²) in [6, 6.07) is 67.0. The van der Waals surface area contributed by atoms with Crippen LogP contribution in [0.4, 0.5) is 0 Å². The number of nitrogens with zero attached hydrogens (tertiary/aromatic N) is 2. The number of hydrogen-bond donors (Lipinski definition) is 0. The van der Waals surface area contributed by atoms with E-state index >= 15 is 0 Å². The summed E-state index contributed by atoms with van der Waals surface area (Å²) >= 11 is 0. The van der Waals surface area contributed by atoms with Crippen molar-refractivity contribution in [1.82, 2.24) is 9.13 Å². The van der Waals surface area contributed by atoms with Gasteiger partial charge >= 0.3 is 0 Å². The Morgan fingerprint density at radius 2 is 0.926 bits per heavy atom. The lowest BCUT2D eigenvalue weighted by Crippen LogP contribution is -1.99. The first-order valence-electron chi connectivity index (χ1n) is 19.1. The minimum atomic E-state index is 0.967. The fourth-order valence-electron chi connectivity index (χ4n) is 8.73. The number of hydrogen-bond acceptors (Lipinski definition) is 0. The summed E-state index contributed by atoms with van der Waals surface area (Å²) in [6.45, 7) is 4.54. The summed E-state index contributed by atoms with van der Waals surface area (Å²) < 4.78 is 4.91. The molecule has 0 saturated heterocycles. The van der Waals surface area contributed by atoms with Gasteiger partial charge in [-0.1, -0.05) is 141 Å². The first-order chi connectivity index (χ1) is 26.7. The number of para-hydroxylation sites is 2. The molecule has 0 atom stereocenters. The Morgan fingerprint density at radius 1 is 0.352 bits per heavy atom. The summed E-state index contributed by atoms with van der Waals surface area (Å²) in [5.74, 6) is 0. The second-order valence-corrected chi connectivity index (χ2v) is 14.3. The molecule has 0 aliphatic carbocycles. The van der Waals surface area contributed by atoms with E-state index in [1.165, 1.54) is 93.8 Å². The van der Waals surface area contributed by atoms with E-state index in [4.69, 9.17) is 0 Å². The molecule has 8 aromatic carbocycles. The lowest BCUT2D eigenvalue weighted by molar-refractivity contribution is 1.11. The van der Waals surface area contributed by atoms with Crippen molar-refractivity contribution in [3.63, 3.8) is 0 Å². The van der Waals surface area contributed by atoms with Gasteiger partial charge in [0.15, 0.2) is 0 Å². The van der Waals surface area contributed by atoms with Crippen LogP contribution in [0.5, 0.6) is 0 Å². The van der Waals surface area contributed by atoms with E-state index in [1.807, 2.05) is 0 Å². The van der Waals surface area contributed by atoms with Crippen molar-refractivity contribution in [2.75, 3.05) is 0 Å². The molecule has 10 aromatic rings. The van der Waals surface area contributed by atoms with Gasteiger partial charge in [-0.05, 0) is 106 Å². The maximum absolute atomic E-state index is 2.50. The molecule has 0 N–H and O–H groups in total. The summed E-state index contributed by atoms with van der Waals surface area (Å²) in [4.78, 5) is 0. The van der Waals surface area contributed by atoms with E-state index in [1.54, 1.807) is 0 Å². The average molecular weight is 693 g/mol. The van der Waals surface area contributed by atoms with Crippen molar-refractivity contribution in [2.24, 2.45) is 0 Å². The molecule has 0 spiro atoms. The molecular formula is C52H40N2. The first-order valence-corrected chi connectivity index (χ1v) is 19.1. The Labute approximate surface area is 316 Å². The fourth-order valence-corrected chi connectivity index (χ4v) is 8.73. The summed E-state index contributed by atoms with van der Waals surface area (Å²) in [5.41, 5.74) is 17.6. The van der Waals surface area contributed by atoms with E-state index in [0.717, 1.165) is 18.5 Å². The zero-order valence-corrected chi connectivity index (χ0v) is 30.6. The standard InChI is InChI=1S/C52H40N2/c1-3-35-16-11-12-23-43(35)51-36(4-2)26-29-45-47-34-40(28-31-50(47)54(52(45)51)41-20-9-6-10-21-41)39-27-30-49-46(33-39)44-24-13-14-25-48(44)53(49)42-22-15-19-38(32-42)37-17-7-5-8-18-37/h5-34H,3-4H2,1-2H3. The topological polar surface area (TPSA) is 9.86 Å². The minimum absolute atomic E-state index is 0.967. The molecule has 2 heteroatoms. The average Bonchev–Trinajstić information content (AvgIpc) is 3.76. The smallest absolute Gasteiger partial charge is 0.0622 e. The zero-order valence-electron chi connectivity index (χ0n) is 30.6. The van der Waals surface area contributed by atoms with Crippen molar-refractivity contribution in [3.05, 3.63) is 193 Å². The van der Waals surface area contributed by atoms with Crippen molar-refractivity contribution in [1.29, 1.82) is 0 Å². The van der Waals surface area contributed by atoms with Crippen LogP contribution in [-0.2, 0) is 12.8 Å².